The summed E-state index contributed by atoms with van der Waals surface area (Å²) in [6.45, 7) is 4.14. The fourth-order valence-electron chi connectivity index (χ4n) is 3.13. The molecule has 0 aliphatic carbocycles. The van der Waals surface area contributed by atoms with Crippen molar-refractivity contribution in [2.24, 2.45) is 4.99 Å². The second kappa shape index (κ2) is 9.71. The average molecular weight is 462 g/mol. The molecule has 3 aromatic carbocycles. The molecule has 0 fully saturated rings. The predicted molar refractivity (Wildman–Crippen MR) is 126 cm³/mol. The molecule has 1 aliphatic rings. The minimum atomic E-state index is -0.571. The van der Waals surface area contributed by atoms with Gasteiger partial charge in [-0.05, 0) is 68.0 Å². The lowest BCUT2D eigenvalue weighted by molar-refractivity contribution is -0.129. The van der Waals surface area contributed by atoms with E-state index in [2.05, 4.69) is 4.99 Å². The van der Waals surface area contributed by atoms with E-state index in [0.717, 1.165) is 5.56 Å². The highest BCUT2D eigenvalue weighted by Crippen LogP contribution is 2.31. The molecule has 7 heteroatoms. The van der Waals surface area contributed by atoms with Gasteiger partial charge in [0.1, 0.15) is 0 Å². The van der Waals surface area contributed by atoms with Crippen molar-refractivity contribution in [3.63, 3.8) is 0 Å². The number of hydrogen-bond donors (Lipinski definition) is 0. The first kappa shape index (κ1) is 22.3. The molecule has 0 saturated heterocycles. The standard InChI is InChI=1S/C26H20ClNO5/c1-3-31-23-14-17(9-12-22(23)32-25(29)18-10-7-16(2)8-11-18)13-21-26(30)33-24(28-21)19-5-4-6-20(27)15-19/h4-15H,3H2,1-2H3. The molecule has 3 aromatic rings. The van der Waals surface area contributed by atoms with Crippen molar-refractivity contribution in [2.75, 3.05) is 6.61 Å². The first-order valence-corrected chi connectivity index (χ1v) is 10.6. The highest BCUT2D eigenvalue weighted by Gasteiger charge is 2.24. The number of benzene rings is 3. The van der Waals surface area contributed by atoms with Crippen molar-refractivity contribution >= 4 is 35.5 Å². The zero-order valence-corrected chi connectivity index (χ0v) is 18.8. The van der Waals surface area contributed by atoms with Crippen LogP contribution in [-0.4, -0.2) is 24.4 Å². The molecule has 0 amide bonds. The molecule has 33 heavy (non-hydrogen) atoms. The summed E-state index contributed by atoms with van der Waals surface area (Å²) < 4.78 is 16.5. The zero-order chi connectivity index (χ0) is 23.4. The molecule has 1 heterocycles. The van der Waals surface area contributed by atoms with E-state index < -0.39 is 11.9 Å². The van der Waals surface area contributed by atoms with Gasteiger partial charge in [0, 0.05) is 10.6 Å². The monoisotopic (exact) mass is 461 g/mol. The molecular weight excluding hydrogens is 442 g/mol. The quantitative estimate of drug-likeness (QED) is 0.271. The largest absolute Gasteiger partial charge is 0.490 e. The maximum Gasteiger partial charge on any atom is 0.363 e. The van der Waals surface area contributed by atoms with Crippen molar-refractivity contribution in [3.8, 4) is 11.5 Å². The number of nitrogens with zero attached hydrogens (tertiary/aromatic N) is 1. The normalized spacial score (nSPS) is 14.1. The van der Waals surface area contributed by atoms with Crippen molar-refractivity contribution in [2.45, 2.75) is 13.8 Å². The molecule has 0 radical (unpaired) electrons. The molecule has 0 saturated carbocycles. The maximum absolute atomic E-state index is 12.5. The summed E-state index contributed by atoms with van der Waals surface area (Å²) in [5, 5.41) is 0.515. The van der Waals surface area contributed by atoms with Crippen molar-refractivity contribution < 1.29 is 23.8 Å². The lowest BCUT2D eigenvalue weighted by Crippen LogP contribution is -2.09. The molecule has 0 aromatic heterocycles. The number of aliphatic imine (C=N–C) groups is 1. The van der Waals surface area contributed by atoms with Gasteiger partial charge in [0.05, 0.1) is 12.2 Å². The molecule has 0 bridgehead atoms. The van der Waals surface area contributed by atoms with Crippen LogP contribution in [0.5, 0.6) is 11.5 Å². The molecule has 0 unspecified atom stereocenters. The van der Waals surface area contributed by atoms with Gasteiger partial charge >= 0.3 is 11.9 Å². The Balaban J connectivity index is 1.59. The van der Waals surface area contributed by atoms with Crippen molar-refractivity contribution in [1.29, 1.82) is 0 Å². The van der Waals surface area contributed by atoms with Crippen LogP contribution < -0.4 is 9.47 Å². The number of esters is 2. The lowest BCUT2D eigenvalue weighted by Gasteiger charge is -2.11. The smallest absolute Gasteiger partial charge is 0.363 e. The summed E-state index contributed by atoms with van der Waals surface area (Å²) in [6.07, 6.45) is 1.58. The first-order chi connectivity index (χ1) is 15.9. The zero-order valence-electron chi connectivity index (χ0n) is 18.0. The van der Waals surface area contributed by atoms with Crippen LogP contribution in [0.3, 0.4) is 0 Å². The highest BCUT2D eigenvalue weighted by atomic mass is 35.5. The Kier molecular flexibility index (Phi) is 6.56. The molecule has 6 nitrogen and oxygen atoms in total. The van der Waals surface area contributed by atoms with Crippen LogP contribution in [0, 0.1) is 6.92 Å². The fourth-order valence-corrected chi connectivity index (χ4v) is 3.32. The molecule has 166 valence electrons. The third kappa shape index (κ3) is 5.30. The van der Waals surface area contributed by atoms with Crippen molar-refractivity contribution in [1.82, 2.24) is 0 Å². The number of cyclic esters (lactones) is 1. The number of rotatable bonds is 6. The van der Waals surface area contributed by atoms with Crippen LogP contribution in [-0.2, 0) is 9.53 Å². The van der Waals surface area contributed by atoms with Gasteiger partial charge < -0.3 is 14.2 Å². The third-order valence-corrected chi connectivity index (χ3v) is 4.99. The SMILES string of the molecule is CCOc1cc(C=C2N=C(c3cccc(Cl)c3)OC2=O)ccc1OC(=O)c1ccc(C)cc1. The van der Waals surface area contributed by atoms with Crippen LogP contribution in [0.2, 0.25) is 5.02 Å². The van der Waals surface area contributed by atoms with E-state index in [9.17, 15) is 9.59 Å². The number of halogens is 1. The van der Waals surface area contributed by atoms with Gasteiger partial charge in [0.15, 0.2) is 17.2 Å². The summed E-state index contributed by atoms with van der Waals surface area (Å²) in [5.74, 6) is -0.225. The van der Waals surface area contributed by atoms with E-state index in [1.807, 2.05) is 26.0 Å². The number of carbonyl (C=O) groups is 2. The molecule has 0 atom stereocenters. The molecule has 4 rings (SSSR count). The van der Waals surface area contributed by atoms with E-state index in [0.29, 0.717) is 34.1 Å². The van der Waals surface area contributed by atoms with Crippen LogP contribution in [0.25, 0.3) is 6.08 Å². The number of ether oxygens (including phenoxy) is 3. The Hall–Kier alpha value is -3.90. The minimum Gasteiger partial charge on any atom is -0.490 e. The van der Waals surface area contributed by atoms with Crippen LogP contribution >= 0.6 is 11.6 Å². The Morgan fingerprint density at radius 1 is 1.06 bits per heavy atom. The first-order valence-electron chi connectivity index (χ1n) is 10.3. The third-order valence-electron chi connectivity index (χ3n) is 4.75. The average Bonchev–Trinajstić information content (AvgIpc) is 3.16. The van der Waals surface area contributed by atoms with E-state index in [-0.39, 0.29) is 17.3 Å². The van der Waals surface area contributed by atoms with Gasteiger partial charge in [0.25, 0.3) is 0 Å². The fraction of sp³-hybridized carbons (Fsp3) is 0.115. The van der Waals surface area contributed by atoms with E-state index >= 15 is 0 Å². The van der Waals surface area contributed by atoms with Gasteiger partial charge in [0.2, 0.25) is 5.90 Å². The summed E-state index contributed by atoms with van der Waals surface area (Å²) in [7, 11) is 0. The van der Waals surface area contributed by atoms with Crippen LogP contribution in [0.4, 0.5) is 0 Å². The minimum absolute atomic E-state index is 0.136. The van der Waals surface area contributed by atoms with Crippen LogP contribution in [0.15, 0.2) is 77.4 Å². The number of aryl methyl sites for hydroxylation is 1. The predicted octanol–water partition coefficient (Wildman–Crippen LogP) is 5.61. The Labute approximate surface area is 196 Å². The summed E-state index contributed by atoms with van der Waals surface area (Å²) in [6, 6.07) is 19.0. The van der Waals surface area contributed by atoms with E-state index in [1.165, 1.54) is 0 Å². The molecular formula is C26H20ClNO5. The highest BCUT2D eigenvalue weighted by molar-refractivity contribution is 6.31. The van der Waals surface area contributed by atoms with E-state index in [4.69, 9.17) is 25.8 Å². The second-order valence-electron chi connectivity index (χ2n) is 7.24. The lowest BCUT2D eigenvalue weighted by atomic mass is 10.1. The van der Waals surface area contributed by atoms with Gasteiger partial charge in [-0.3, -0.25) is 0 Å². The summed E-state index contributed by atoms with van der Waals surface area (Å²) in [4.78, 5) is 29.1. The topological polar surface area (TPSA) is 74.2 Å². The number of carbonyl (C=O) groups excluding carboxylic acids is 2. The molecule has 0 spiro atoms. The van der Waals surface area contributed by atoms with Gasteiger partial charge in [-0.25, -0.2) is 14.6 Å². The number of hydrogen-bond acceptors (Lipinski definition) is 6. The van der Waals surface area contributed by atoms with E-state index in [1.54, 1.807) is 60.7 Å². The summed E-state index contributed by atoms with van der Waals surface area (Å²) >= 11 is 6.01. The van der Waals surface area contributed by atoms with Gasteiger partial charge in [-0.2, -0.15) is 0 Å². The molecule has 1 aliphatic heterocycles. The van der Waals surface area contributed by atoms with Crippen LogP contribution in [0.1, 0.15) is 34.0 Å². The maximum atomic E-state index is 12.5. The van der Waals surface area contributed by atoms with Crippen molar-refractivity contribution in [3.05, 3.63) is 99.7 Å². The second-order valence-corrected chi connectivity index (χ2v) is 7.68. The Morgan fingerprint density at radius 2 is 1.85 bits per heavy atom. The molecule has 0 N–H and O–H groups in total. The van der Waals surface area contributed by atoms with Gasteiger partial charge in [-0.1, -0.05) is 41.4 Å². The Bertz CT molecular complexity index is 1280. The summed E-state index contributed by atoms with van der Waals surface area (Å²) in [5.41, 5.74) is 2.86. The Morgan fingerprint density at radius 3 is 2.58 bits per heavy atom. The van der Waals surface area contributed by atoms with Gasteiger partial charge in [-0.15, -0.1) is 0 Å².